The minimum atomic E-state index is -0.868. The minimum Gasteiger partial charge on any atom is -0.449 e. The molecule has 0 radical (unpaired) electrons. The molecule has 26 heavy (non-hydrogen) atoms. The summed E-state index contributed by atoms with van der Waals surface area (Å²) < 4.78 is 7.61. The van der Waals surface area contributed by atoms with E-state index >= 15 is 0 Å². The first kappa shape index (κ1) is 18.2. The number of hydrogen-bond acceptors (Lipinski definition) is 3. The molecule has 0 saturated heterocycles. The summed E-state index contributed by atoms with van der Waals surface area (Å²) in [6.45, 7) is 9.46. The average Bonchev–Trinajstić information content (AvgIpc) is 3.35. The number of benzene rings is 1. The largest absolute Gasteiger partial charge is 0.449 e. The van der Waals surface area contributed by atoms with Gasteiger partial charge in [-0.1, -0.05) is 17.7 Å². The van der Waals surface area contributed by atoms with E-state index in [0.717, 1.165) is 41.0 Å². The smallest absolute Gasteiger partial charge is 0.340 e. The Labute approximate surface area is 154 Å². The molecule has 138 valence electrons. The standard InChI is InChI=1S/C21H26N2O3/c1-12-6-9-19(13(2)10-12)22-20(24)16(5)26-21(25)18-11-14(3)23(15(18)4)17-7-8-17/h6,9-11,16-17H,7-8H2,1-5H3,(H,22,24)/t16-/m1/s1. The SMILES string of the molecule is Cc1ccc(NC(=O)[C@@H](C)OC(=O)c2cc(C)n(C3CC3)c2C)c(C)c1. The van der Waals surface area contributed by atoms with E-state index in [-0.39, 0.29) is 5.91 Å². The molecule has 5 nitrogen and oxygen atoms in total. The van der Waals surface area contributed by atoms with E-state index in [2.05, 4.69) is 9.88 Å². The zero-order valence-corrected chi connectivity index (χ0v) is 16.1. The van der Waals surface area contributed by atoms with Crippen LogP contribution in [0.25, 0.3) is 0 Å². The van der Waals surface area contributed by atoms with Gasteiger partial charge in [0, 0.05) is 23.1 Å². The molecule has 1 atom stereocenters. The normalized spacial score (nSPS) is 14.8. The Morgan fingerprint density at radius 3 is 2.46 bits per heavy atom. The number of hydrogen-bond donors (Lipinski definition) is 1. The summed E-state index contributed by atoms with van der Waals surface area (Å²) in [7, 11) is 0. The van der Waals surface area contributed by atoms with Crippen LogP contribution in [0.1, 0.15) is 58.7 Å². The van der Waals surface area contributed by atoms with Crippen LogP contribution in [0.15, 0.2) is 24.3 Å². The Morgan fingerprint density at radius 2 is 1.85 bits per heavy atom. The fourth-order valence-electron chi connectivity index (χ4n) is 3.34. The van der Waals surface area contributed by atoms with Crippen LogP contribution in [-0.4, -0.2) is 22.5 Å². The maximum absolute atomic E-state index is 12.5. The van der Waals surface area contributed by atoms with Gasteiger partial charge >= 0.3 is 5.97 Å². The van der Waals surface area contributed by atoms with Crippen LogP contribution in [0, 0.1) is 27.7 Å². The Balaban J connectivity index is 1.67. The molecule has 3 rings (SSSR count). The molecule has 5 heteroatoms. The Bertz CT molecular complexity index is 862. The van der Waals surface area contributed by atoms with Gasteiger partial charge in [0.1, 0.15) is 0 Å². The number of carbonyl (C=O) groups is 2. The fourth-order valence-corrected chi connectivity index (χ4v) is 3.34. The van der Waals surface area contributed by atoms with Crippen LogP contribution in [0.2, 0.25) is 0 Å². The third-order valence-corrected chi connectivity index (χ3v) is 4.91. The first-order valence-electron chi connectivity index (χ1n) is 9.05. The number of esters is 1. The summed E-state index contributed by atoms with van der Waals surface area (Å²) in [6.07, 6.45) is 1.44. The molecular weight excluding hydrogens is 328 g/mol. The quantitative estimate of drug-likeness (QED) is 0.817. The number of aryl methyl sites for hydroxylation is 3. The van der Waals surface area contributed by atoms with Gasteiger partial charge in [-0.25, -0.2) is 4.79 Å². The van der Waals surface area contributed by atoms with Gasteiger partial charge in [-0.3, -0.25) is 4.79 Å². The third-order valence-electron chi connectivity index (χ3n) is 4.91. The van der Waals surface area contributed by atoms with Crippen molar-refractivity contribution in [2.24, 2.45) is 0 Å². The number of anilines is 1. The number of nitrogens with zero attached hydrogens (tertiary/aromatic N) is 1. The predicted octanol–water partition coefficient (Wildman–Crippen LogP) is 4.24. The van der Waals surface area contributed by atoms with E-state index in [1.165, 1.54) is 0 Å². The molecule has 0 aliphatic heterocycles. The van der Waals surface area contributed by atoms with E-state index in [1.807, 2.05) is 52.0 Å². The van der Waals surface area contributed by atoms with Crippen LogP contribution in [-0.2, 0) is 9.53 Å². The number of carbonyl (C=O) groups excluding carboxylic acids is 2. The molecule has 1 aromatic heterocycles. The topological polar surface area (TPSA) is 60.3 Å². The van der Waals surface area contributed by atoms with Gasteiger partial charge in [-0.05, 0) is 65.2 Å². The molecule has 1 N–H and O–H groups in total. The molecule has 1 saturated carbocycles. The second-order valence-corrected chi connectivity index (χ2v) is 7.24. The van der Waals surface area contributed by atoms with Crippen molar-refractivity contribution in [2.75, 3.05) is 5.32 Å². The van der Waals surface area contributed by atoms with Crippen molar-refractivity contribution in [1.82, 2.24) is 4.57 Å². The number of nitrogens with one attached hydrogen (secondary N) is 1. The molecule has 1 fully saturated rings. The van der Waals surface area contributed by atoms with Gasteiger partial charge < -0.3 is 14.6 Å². The van der Waals surface area contributed by atoms with Gasteiger partial charge in [0.25, 0.3) is 5.91 Å². The molecule has 1 aliphatic rings. The van der Waals surface area contributed by atoms with E-state index in [0.29, 0.717) is 11.6 Å². The van der Waals surface area contributed by atoms with Gasteiger partial charge in [0.05, 0.1) is 5.56 Å². The predicted molar refractivity (Wildman–Crippen MR) is 102 cm³/mol. The summed E-state index contributed by atoms with van der Waals surface area (Å²) in [6, 6.07) is 8.15. The Hall–Kier alpha value is -2.56. The van der Waals surface area contributed by atoms with Crippen molar-refractivity contribution in [3.8, 4) is 0 Å². The van der Waals surface area contributed by atoms with E-state index in [9.17, 15) is 9.59 Å². The van der Waals surface area contributed by atoms with Crippen molar-refractivity contribution in [1.29, 1.82) is 0 Å². The molecule has 1 amide bonds. The highest BCUT2D eigenvalue weighted by Crippen LogP contribution is 2.38. The fraction of sp³-hybridized carbons (Fsp3) is 0.429. The van der Waals surface area contributed by atoms with Crippen LogP contribution in [0.5, 0.6) is 0 Å². The molecule has 0 spiro atoms. The van der Waals surface area contributed by atoms with Crippen molar-refractivity contribution < 1.29 is 14.3 Å². The molecule has 0 bridgehead atoms. The van der Waals surface area contributed by atoms with Crippen molar-refractivity contribution in [2.45, 2.75) is 59.6 Å². The molecular formula is C21H26N2O3. The van der Waals surface area contributed by atoms with E-state index in [1.54, 1.807) is 6.92 Å². The number of amides is 1. The molecule has 1 heterocycles. The van der Waals surface area contributed by atoms with Gasteiger partial charge in [-0.15, -0.1) is 0 Å². The Morgan fingerprint density at radius 1 is 1.15 bits per heavy atom. The lowest BCUT2D eigenvalue weighted by Crippen LogP contribution is -2.30. The monoisotopic (exact) mass is 354 g/mol. The highest BCUT2D eigenvalue weighted by atomic mass is 16.5. The number of ether oxygens (including phenoxy) is 1. The lowest BCUT2D eigenvalue weighted by atomic mass is 10.1. The van der Waals surface area contributed by atoms with E-state index in [4.69, 9.17) is 4.74 Å². The van der Waals surface area contributed by atoms with Gasteiger partial charge in [0.15, 0.2) is 6.10 Å². The van der Waals surface area contributed by atoms with Crippen LogP contribution < -0.4 is 5.32 Å². The average molecular weight is 354 g/mol. The molecule has 1 aromatic carbocycles. The summed E-state index contributed by atoms with van der Waals surface area (Å²) in [5.41, 5.74) is 5.35. The first-order chi connectivity index (χ1) is 12.3. The van der Waals surface area contributed by atoms with Crippen molar-refractivity contribution in [3.05, 3.63) is 52.3 Å². The zero-order valence-electron chi connectivity index (χ0n) is 16.1. The third kappa shape index (κ3) is 3.66. The number of rotatable bonds is 5. The molecule has 2 aromatic rings. The highest BCUT2D eigenvalue weighted by molar-refractivity contribution is 5.98. The number of aromatic nitrogens is 1. The Kier molecular flexibility index (Phi) is 4.90. The first-order valence-corrected chi connectivity index (χ1v) is 9.05. The summed E-state index contributed by atoms with van der Waals surface area (Å²) in [4.78, 5) is 24.9. The summed E-state index contributed by atoms with van der Waals surface area (Å²) in [5, 5.41) is 2.83. The van der Waals surface area contributed by atoms with Crippen molar-refractivity contribution >= 4 is 17.6 Å². The lowest BCUT2D eigenvalue weighted by Gasteiger charge is -2.15. The highest BCUT2D eigenvalue weighted by Gasteiger charge is 2.29. The van der Waals surface area contributed by atoms with Crippen LogP contribution in [0.3, 0.4) is 0 Å². The van der Waals surface area contributed by atoms with E-state index < -0.39 is 12.1 Å². The minimum absolute atomic E-state index is 0.332. The van der Waals surface area contributed by atoms with Gasteiger partial charge in [-0.2, -0.15) is 0 Å². The second kappa shape index (κ2) is 6.98. The maximum Gasteiger partial charge on any atom is 0.340 e. The van der Waals surface area contributed by atoms with Gasteiger partial charge in [0.2, 0.25) is 0 Å². The zero-order chi connectivity index (χ0) is 19.0. The lowest BCUT2D eigenvalue weighted by molar-refractivity contribution is -0.123. The van der Waals surface area contributed by atoms with Crippen LogP contribution >= 0.6 is 0 Å². The van der Waals surface area contributed by atoms with Crippen molar-refractivity contribution in [3.63, 3.8) is 0 Å². The molecule has 1 aliphatic carbocycles. The summed E-state index contributed by atoms with van der Waals surface area (Å²) >= 11 is 0. The second-order valence-electron chi connectivity index (χ2n) is 7.24. The maximum atomic E-state index is 12.5. The van der Waals surface area contributed by atoms with Crippen LogP contribution in [0.4, 0.5) is 5.69 Å². The summed E-state index contributed by atoms with van der Waals surface area (Å²) in [5.74, 6) is -0.783. The molecule has 0 unspecified atom stereocenters.